The van der Waals surface area contributed by atoms with Crippen molar-refractivity contribution in [1.82, 2.24) is 9.80 Å². The Morgan fingerprint density at radius 1 is 0.773 bits per heavy atom. The molecule has 2 amide bonds. The van der Waals surface area contributed by atoms with Crippen LogP contribution in [0.15, 0.2) is 0 Å². The van der Waals surface area contributed by atoms with Crippen LogP contribution in [0.5, 0.6) is 0 Å². The molecule has 0 N–H and O–H groups in total. The van der Waals surface area contributed by atoms with E-state index in [0.29, 0.717) is 13.1 Å². The highest BCUT2D eigenvalue weighted by Gasteiger charge is 2.48. The van der Waals surface area contributed by atoms with Gasteiger partial charge in [0.05, 0.1) is 12.1 Å². The molecule has 0 bridgehead atoms. The van der Waals surface area contributed by atoms with Crippen molar-refractivity contribution in [3.8, 4) is 0 Å². The molecule has 0 radical (unpaired) electrons. The van der Waals surface area contributed by atoms with Gasteiger partial charge in [0.15, 0.2) is 0 Å². The van der Waals surface area contributed by atoms with Gasteiger partial charge in [-0.15, -0.1) is 0 Å². The van der Waals surface area contributed by atoms with Crippen LogP contribution in [-0.2, 0) is 9.47 Å². The molecule has 6 nitrogen and oxygen atoms in total. The number of hydrogen-bond donors (Lipinski definition) is 0. The van der Waals surface area contributed by atoms with E-state index in [1.165, 1.54) is 0 Å². The minimum atomic E-state index is -0.501. The first-order valence-corrected chi connectivity index (χ1v) is 7.97. The Morgan fingerprint density at radius 2 is 1.09 bits per heavy atom. The van der Waals surface area contributed by atoms with Crippen LogP contribution in [0.1, 0.15) is 54.4 Å². The SMILES string of the molecule is CC(C)(C)OC(=O)N1CCN(C(=O)OC(C)(C)C)[C@H]2CC[C@H]21. The van der Waals surface area contributed by atoms with Crippen molar-refractivity contribution in [3.05, 3.63) is 0 Å². The van der Waals surface area contributed by atoms with Crippen LogP contribution in [0.25, 0.3) is 0 Å². The molecule has 2 atom stereocenters. The molecule has 2 rings (SSSR count). The summed E-state index contributed by atoms with van der Waals surface area (Å²) in [6.07, 6.45) is 1.24. The molecule has 2 aliphatic rings. The van der Waals surface area contributed by atoms with E-state index in [0.717, 1.165) is 12.8 Å². The molecule has 1 aliphatic heterocycles. The first-order valence-electron chi connectivity index (χ1n) is 7.97. The zero-order chi connectivity index (χ0) is 16.7. The predicted octanol–water partition coefficient (Wildman–Crippen LogP) is 3.01. The molecule has 0 spiro atoms. The van der Waals surface area contributed by atoms with E-state index in [2.05, 4.69) is 0 Å². The van der Waals surface area contributed by atoms with Crippen LogP contribution >= 0.6 is 0 Å². The summed E-state index contributed by atoms with van der Waals surface area (Å²) < 4.78 is 10.9. The van der Waals surface area contributed by atoms with Gasteiger partial charge in [-0.05, 0) is 54.4 Å². The Kier molecular flexibility index (Phi) is 4.33. The van der Waals surface area contributed by atoms with E-state index < -0.39 is 11.2 Å². The number of piperazine rings is 1. The van der Waals surface area contributed by atoms with Crippen LogP contribution in [-0.4, -0.2) is 58.4 Å². The van der Waals surface area contributed by atoms with Crippen molar-refractivity contribution < 1.29 is 19.1 Å². The molecular weight excluding hydrogens is 284 g/mol. The van der Waals surface area contributed by atoms with Gasteiger partial charge in [-0.3, -0.25) is 0 Å². The van der Waals surface area contributed by atoms with E-state index in [1.54, 1.807) is 9.80 Å². The van der Waals surface area contributed by atoms with Crippen molar-refractivity contribution in [1.29, 1.82) is 0 Å². The fourth-order valence-electron chi connectivity index (χ4n) is 2.83. The maximum absolute atomic E-state index is 12.3. The van der Waals surface area contributed by atoms with Crippen molar-refractivity contribution >= 4 is 12.2 Å². The highest BCUT2D eigenvalue weighted by Crippen LogP contribution is 2.35. The fraction of sp³-hybridized carbons (Fsp3) is 0.875. The van der Waals surface area contributed by atoms with E-state index in [4.69, 9.17) is 9.47 Å². The van der Waals surface area contributed by atoms with Gasteiger partial charge in [0.1, 0.15) is 11.2 Å². The first-order chi connectivity index (χ1) is 9.98. The van der Waals surface area contributed by atoms with Gasteiger partial charge in [0, 0.05) is 13.1 Å². The van der Waals surface area contributed by atoms with E-state index in [9.17, 15) is 9.59 Å². The van der Waals surface area contributed by atoms with Crippen molar-refractivity contribution in [3.63, 3.8) is 0 Å². The quantitative estimate of drug-likeness (QED) is 0.690. The summed E-state index contributed by atoms with van der Waals surface area (Å²) in [7, 11) is 0. The average Bonchev–Trinajstić information content (AvgIpc) is 2.24. The molecule has 1 saturated heterocycles. The zero-order valence-electron chi connectivity index (χ0n) is 14.5. The third kappa shape index (κ3) is 3.84. The second kappa shape index (κ2) is 5.63. The average molecular weight is 312 g/mol. The van der Waals surface area contributed by atoms with Gasteiger partial charge in [-0.1, -0.05) is 0 Å². The zero-order valence-corrected chi connectivity index (χ0v) is 14.5. The van der Waals surface area contributed by atoms with E-state index in [1.807, 2.05) is 41.5 Å². The lowest BCUT2D eigenvalue weighted by Gasteiger charge is -2.53. The molecule has 0 aromatic heterocycles. The molecule has 6 heteroatoms. The van der Waals surface area contributed by atoms with Crippen LogP contribution in [0.2, 0.25) is 0 Å². The van der Waals surface area contributed by atoms with Crippen molar-refractivity contribution in [2.75, 3.05) is 13.1 Å². The second-order valence-electron chi connectivity index (χ2n) is 8.06. The van der Waals surface area contributed by atoms with E-state index >= 15 is 0 Å². The number of nitrogens with zero attached hydrogens (tertiary/aromatic N) is 2. The summed E-state index contributed by atoms with van der Waals surface area (Å²) in [6, 6.07) is 0.104. The number of amides is 2. The molecule has 1 aliphatic carbocycles. The summed E-state index contributed by atoms with van der Waals surface area (Å²) in [5, 5.41) is 0. The minimum absolute atomic E-state index is 0.0520. The molecule has 2 fully saturated rings. The number of ether oxygens (including phenoxy) is 2. The molecule has 0 aromatic rings. The molecule has 22 heavy (non-hydrogen) atoms. The lowest BCUT2D eigenvalue weighted by atomic mass is 9.82. The second-order valence-corrected chi connectivity index (χ2v) is 8.06. The number of carbonyl (C=O) groups excluding carboxylic acids is 2. The van der Waals surface area contributed by atoms with Gasteiger partial charge in [-0.2, -0.15) is 0 Å². The van der Waals surface area contributed by atoms with Gasteiger partial charge >= 0.3 is 12.2 Å². The summed E-state index contributed by atoms with van der Waals surface area (Å²) in [5.74, 6) is 0. The van der Waals surface area contributed by atoms with Gasteiger partial charge < -0.3 is 19.3 Å². The molecule has 0 aromatic carbocycles. The van der Waals surface area contributed by atoms with Crippen LogP contribution in [0.3, 0.4) is 0 Å². The maximum atomic E-state index is 12.3. The third-order valence-corrected chi connectivity index (χ3v) is 3.84. The normalized spacial score (nSPS) is 25.2. The van der Waals surface area contributed by atoms with Gasteiger partial charge in [-0.25, -0.2) is 9.59 Å². The fourth-order valence-corrected chi connectivity index (χ4v) is 2.83. The number of rotatable bonds is 0. The summed E-state index contributed by atoms with van der Waals surface area (Å²) >= 11 is 0. The number of fused-ring (bicyclic) bond motifs is 1. The first kappa shape index (κ1) is 16.9. The Bertz CT molecular complexity index is 408. The lowest BCUT2D eigenvalue weighted by molar-refractivity contribution is -0.0604. The number of carbonyl (C=O) groups is 2. The smallest absolute Gasteiger partial charge is 0.410 e. The standard InChI is InChI=1S/C16H28N2O4/c1-15(2,3)21-13(19)17-9-10-18(12-8-7-11(12)17)14(20)22-16(4,5)6/h11-12H,7-10H2,1-6H3/t11-,12+. The third-order valence-electron chi connectivity index (χ3n) is 3.84. The lowest BCUT2D eigenvalue weighted by Crippen LogP contribution is -2.67. The molecular formula is C16H28N2O4. The van der Waals surface area contributed by atoms with Crippen LogP contribution < -0.4 is 0 Å². The molecule has 126 valence electrons. The maximum Gasteiger partial charge on any atom is 0.410 e. The summed E-state index contributed by atoms with van der Waals surface area (Å²) in [4.78, 5) is 28.1. The van der Waals surface area contributed by atoms with Crippen LogP contribution in [0.4, 0.5) is 9.59 Å². The van der Waals surface area contributed by atoms with Gasteiger partial charge in [0.25, 0.3) is 0 Å². The predicted molar refractivity (Wildman–Crippen MR) is 82.7 cm³/mol. The summed E-state index contributed by atoms with van der Waals surface area (Å²) in [5.41, 5.74) is -1.00. The van der Waals surface area contributed by atoms with Crippen molar-refractivity contribution in [2.45, 2.75) is 77.7 Å². The topological polar surface area (TPSA) is 59.1 Å². The monoisotopic (exact) mass is 312 g/mol. The Hall–Kier alpha value is -1.46. The van der Waals surface area contributed by atoms with Crippen molar-refractivity contribution in [2.24, 2.45) is 0 Å². The Labute approximate surface area is 132 Å². The minimum Gasteiger partial charge on any atom is -0.444 e. The summed E-state index contributed by atoms with van der Waals surface area (Å²) in [6.45, 7) is 12.2. The Balaban J connectivity index is 1.99. The Morgan fingerprint density at radius 3 is 1.32 bits per heavy atom. The van der Waals surface area contributed by atoms with Gasteiger partial charge in [0.2, 0.25) is 0 Å². The highest BCUT2D eigenvalue weighted by molar-refractivity contribution is 5.72. The molecule has 1 saturated carbocycles. The highest BCUT2D eigenvalue weighted by atomic mass is 16.6. The molecule has 1 heterocycles. The number of hydrogen-bond acceptors (Lipinski definition) is 4. The van der Waals surface area contributed by atoms with E-state index in [-0.39, 0.29) is 24.3 Å². The largest absolute Gasteiger partial charge is 0.444 e. The van der Waals surface area contributed by atoms with Crippen LogP contribution in [0, 0.1) is 0 Å². The molecule has 0 unspecified atom stereocenters.